The molecule has 2 aromatic carbocycles. The Balaban J connectivity index is 1.40. The highest BCUT2D eigenvalue weighted by molar-refractivity contribution is 5.94. The monoisotopic (exact) mass is 381 g/mol. The van der Waals surface area contributed by atoms with Crippen molar-refractivity contribution in [3.63, 3.8) is 0 Å². The Kier molecular flexibility index (Phi) is 6.81. The van der Waals surface area contributed by atoms with E-state index in [2.05, 4.69) is 4.98 Å². The van der Waals surface area contributed by atoms with Crippen LogP contribution in [-0.4, -0.2) is 36.4 Å². The standard InChI is InChI=1S/C22H23NO5/c1-26-19-9-6-10-20(21(19)22(24)25)28-14-5-4-13-27-15-17-12-11-16-7-2-3-8-18(16)23-17/h2-3,6-12H,4-5,13-15H2,1H3,(H,24,25). The second-order valence-corrected chi connectivity index (χ2v) is 6.24. The van der Waals surface area contributed by atoms with Gasteiger partial charge in [-0.15, -0.1) is 0 Å². The maximum absolute atomic E-state index is 11.4. The number of pyridine rings is 1. The first-order chi connectivity index (χ1) is 13.7. The first-order valence-corrected chi connectivity index (χ1v) is 9.14. The van der Waals surface area contributed by atoms with Gasteiger partial charge in [0.15, 0.2) is 0 Å². The van der Waals surface area contributed by atoms with Crippen molar-refractivity contribution in [1.29, 1.82) is 0 Å². The van der Waals surface area contributed by atoms with Gasteiger partial charge in [-0.05, 0) is 37.1 Å². The number of carboxylic acids is 1. The van der Waals surface area contributed by atoms with Gasteiger partial charge in [0.05, 0.1) is 31.5 Å². The summed E-state index contributed by atoms with van der Waals surface area (Å²) in [6.45, 7) is 1.46. The fraction of sp³-hybridized carbons (Fsp3) is 0.273. The van der Waals surface area contributed by atoms with Gasteiger partial charge in [-0.3, -0.25) is 4.98 Å². The van der Waals surface area contributed by atoms with E-state index in [1.165, 1.54) is 7.11 Å². The van der Waals surface area contributed by atoms with Crippen LogP contribution in [0.1, 0.15) is 28.9 Å². The summed E-state index contributed by atoms with van der Waals surface area (Å²) in [6.07, 6.45) is 1.56. The minimum atomic E-state index is -1.07. The Morgan fingerprint density at radius 2 is 1.75 bits per heavy atom. The topological polar surface area (TPSA) is 77.9 Å². The zero-order chi connectivity index (χ0) is 19.8. The van der Waals surface area contributed by atoms with Crippen LogP contribution in [0.25, 0.3) is 10.9 Å². The highest BCUT2D eigenvalue weighted by atomic mass is 16.5. The Hall–Kier alpha value is -3.12. The summed E-state index contributed by atoms with van der Waals surface area (Å²) < 4.78 is 16.4. The van der Waals surface area contributed by atoms with Crippen LogP contribution in [0.2, 0.25) is 0 Å². The molecule has 1 N–H and O–H groups in total. The average molecular weight is 381 g/mol. The van der Waals surface area contributed by atoms with Crippen LogP contribution in [0.3, 0.4) is 0 Å². The summed E-state index contributed by atoms with van der Waals surface area (Å²) in [5.41, 5.74) is 1.91. The average Bonchev–Trinajstić information content (AvgIpc) is 2.72. The highest BCUT2D eigenvalue weighted by Gasteiger charge is 2.17. The molecule has 0 bridgehead atoms. The van der Waals surface area contributed by atoms with Crippen LogP contribution in [-0.2, 0) is 11.3 Å². The first kappa shape index (κ1) is 19.6. The third-order valence-electron chi connectivity index (χ3n) is 4.27. The molecule has 0 spiro atoms. The minimum Gasteiger partial charge on any atom is -0.496 e. The number of fused-ring (bicyclic) bond motifs is 1. The van der Waals surface area contributed by atoms with Crippen molar-refractivity contribution < 1.29 is 24.1 Å². The number of nitrogens with zero attached hydrogens (tertiary/aromatic N) is 1. The zero-order valence-corrected chi connectivity index (χ0v) is 15.8. The minimum absolute atomic E-state index is 0.0450. The molecule has 0 radical (unpaired) electrons. The molecule has 146 valence electrons. The molecule has 0 aliphatic heterocycles. The molecule has 6 heteroatoms. The Morgan fingerprint density at radius 1 is 0.964 bits per heavy atom. The number of carbonyl (C=O) groups is 1. The smallest absolute Gasteiger partial charge is 0.343 e. The SMILES string of the molecule is COc1cccc(OCCCCOCc2ccc3ccccc3n2)c1C(=O)O. The van der Waals surface area contributed by atoms with Crippen LogP contribution < -0.4 is 9.47 Å². The van der Waals surface area contributed by atoms with Crippen molar-refractivity contribution in [2.75, 3.05) is 20.3 Å². The molecule has 28 heavy (non-hydrogen) atoms. The number of rotatable bonds is 10. The van der Waals surface area contributed by atoms with Crippen LogP contribution in [0, 0.1) is 0 Å². The molecule has 0 aliphatic carbocycles. The largest absolute Gasteiger partial charge is 0.496 e. The number of unbranched alkanes of at least 4 members (excludes halogenated alkanes) is 1. The highest BCUT2D eigenvalue weighted by Crippen LogP contribution is 2.28. The van der Waals surface area contributed by atoms with Crippen LogP contribution in [0.15, 0.2) is 54.6 Å². The zero-order valence-electron chi connectivity index (χ0n) is 15.8. The third-order valence-corrected chi connectivity index (χ3v) is 4.27. The number of para-hydroxylation sites is 1. The van der Waals surface area contributed by atoms with E-state index in [0.29, 0.717) is 25.6 Å². The van der Waals surface area contributed by atoms with E-state index >= 15 is 0 Å². The quantitative estimate of drug-likeness (QED) is 0.527. The normalized spacial score (nSPS) is 10.8. The summed E-state index contributed by atoms with van der Waals surface area (Å²) in [5.74, 6) is -0.469. The van der Waals surface area contributed by atoms with Crippen molar-refractivity contribution in [3.05, 3.63) is 65.9 Å². The maximum atomic E-state index is 11.4. The van der Waals surface area contributed by atoms with Gasteiger partial charge in [-0.25, -0.2) is 4.79 Å². The first-order valence-electron chi connectivity index (χ1n) is 9.14. The van der Waals surface area contributed by atoms with Crippen molar-refractivity contribution in [1.82, 2.24) is 4.98 Å². The number of aromatic carboxylic acids is 1. The fourth-order valence-electron chi connectivity index (χ4n) is 2.87. The number of hydrogen-bond acceptors (Lipinski definition) is 5. The van der Waals surface area contributed by atoms with Gasteiger partial charge in [0.1, 0.15) is 17.1 Å². The Bertz CT molecular complexity index is 941. The van der Waals surface area contributed by atoms with Crippen LogP contribution in [0.4, 0.5) is 0 Å². The van der Waals surface area contributed by atoms with Gasteiger partial charge in [-0.2, -0.15) is 0 Å². The van der Waals surface area contributed by atoms with Gasteiger partial charge in [0, 0.05) is 12.0 Å². The molecule has 6 nitrogen and oxygen atoms in total. The van der Waals surface area contributed by atoms with E-state index in [1.807, 2.05) is 36.4 Å². The van der Waals surface area contributed by atoms with Crippen LogP contribution >= 0.6 is 0 Å². The van der Waals surface area contributed by atoms with Crippen molar-refractivity contribution in [2.24, 2.45) is 0 Å². The van der Waals surface area contributed by atoms with E-state index in [9.17, 15) is 9.90 Å². The van der Waals surface area contributed by atoms with Gasteiger partial charge >= 0.3 is 5.97 Å². The van der Waals surface area contributed by atoms with Gasteiger partial charge < -0.3 is 19.3 Å². The summed E-state index contributed by atoms with van der Waals surface area (Å²) in [7, 11) is 1.44. The third kappa shape index (κ3) is 4.98. The molecular formula is C22H23NO5. The van der Waals surface area contributed by atoms with E-state index < -0.39 is 5.97 Å². The fourth-order valence-corrected chi connectivity index (χ4v) is 2.87. The van der Waals surface area contributed by atoms with Gasteiger partial charge in [0.25, 0.3) is 0 Å². The second kappa shape index (κ2) is 9.71. The predicted octanol–water partition coefficient (Wildman–Crippen LogP) is 4.32. The number of methoxy groups -OCH3 is 1. The van der Waals surface area contributed by atoms with Crippen molar-refractivity contribution >= 4 is 16.9 Å². The van der Waals surface area contributed by atoms with Crippen molar-refractivity contribution in [3.8, 4) is 11.5 Å². The van der Waals surface area contributed by atoms with Crippen molar-refractivity contribution in [2.45, 2.75) is 19.4 Å². The summed E-state index contributed by atoms with van der Waals surface area (Å²) >= 11 is 0. The number of ether oxygens (including phenoxy) is 3. The van der Waals surface area contributed by atoms with E-state index in [-0.39, 0.29) is 11.3 Å². The van der Waals surface area contributed by atoms with E-state index in [1.54, 1.807) is 18.2 Å². The van der Waals surface area contributed by atoms with Crippen LogP contribution in [0.5, 0.6) is 11.5 Å². The molecule has 1 heterocycles. The molecular weight excluding hydrogens is 358 g/mol. The molecule has 0 atom stereocenters. The second-order valence-electron chi connectivity index (χ2n) is 6.24. The lowest BCUT2D eigenvalue weighted by atomic mass is 10.2. The van der Waals surface area contributed by atoms with E-state index in [4.69, 9.17) is 14.2 Å². The van der Waals surface area contributed by atoms with Gasteiger partial charge in [-0.1, -0.05) is 30.3 Å². The van der Waals surface area contributed by atoms with Gasteiger partial charge in [0.2, 0.25) is 0 Å². The summed E-state index contributed by atoms with van der Waals surface area (Å²) in [5, 5.41) is 10.5. The number of aromatic nitrogens is 1. The molecule has 0 amide bonds. The number of hydrogen-bond donors (Lipinski definition) is 1. The maximum Gasteiger partial charge on any atom is 0.343 e. The lowest BCUT2D eigenvalue weighted by Gasteiger charge is -2.12. The van der Waals surface area contributed by atoms with E-state index in [0.717, 1.165) is 29.4 Å². The molecule has 1 aromatic heterocycles. The predicted molar refractivity (Wildman–Crippen MR) is 106 cm³/mol. The molecule has 0 unspecified atom stereocenters. The molecule has 3 aromatic rings. The lowest BCUT2D eigenvalue weighted by molar-refractivity contribution is 0.0687. The molecule has 3 rings (SSSR count). The summed E-state index contributed by atoms with van der Waals surface area (Å²) in [6, 6.07) is 16.9. The summed E-state index contributed by atoms with van der Waals surface area (Å²) in [4.78, 5) is 16.0. The Morgan fingerprint density at radius 3 is 2.57 bits per heavy atom. The molecule has 0 saturated heterocycles. The molecule has 0 aliphatic rings. The molecule has 0 fully saturated rings. The lowest BCUT2D eigenvalue weighted by Crippen LogP contribution is -2.07. The number of carboxylic acid groups (broad SMARTS) is 1. The Labute approximate surface area is 163 Å². The number of benzene rings is 2. The molecule has 0 saturated carbocycles.